The third-order valence-electron chi connectivity index (χ3n) is 3.94. The van der Waals surface area contributed by atoms with Gasteiger partial charge in [-0.05, 0) is 30.4 Å². The molecule has 4 heteroatoms. The molecule has 1 heterocycles. The van der Waals surface area contributed by atoms with Gasteiger partial charge in [0.05, 0.1) is 11.7 Å². The second kappa shape index (κ2) is 5.13. The minimum absolute atomic E-state index is 0.212. The summed E-state index contributed by atoms with van der Waals surface area (Å²) >= 11 is 0. The lowest BCUT2D eigenvalue weighted by molar-refractivity contribution is 0.0699. The molecule has 104 valence electrons. The van der Waals surface area contributed by atoms with Crippen LogP contribution in [0.5, 0.6) is 0 Å². The Morgan fingerprint density at radius 1 is 1.05 bits per heavy atom. The molecule has 2 aromatic rings. The Bertz CT molecular complexity index is 645. The Labute approximate surface area is 117 Å². The van der Waals surface area contributed by atoms with E-state index in [1.165, 1.54) is 0 Å². The molecule has 0 amide bonds. The van der Waals surface area contributed by atoms with Gasteiger partial charge in [0.15, 0.2) is 0 Å². The maximum absolute atomic E-state index is 11.3. The molecule has 1 aliphatic heterocycles. The predicted molar refractivity (Wildman–Crippen MR) is 78.4 cm³/mol. The molecule has 0 aliphatic carbocycles. The van der Waals surface area contributed by atoms with E-state index in [9.17, 15) is 15.0 Å². The smallest absolute Gasteiger partial charge is 0.336 e. The van der Waals surface area contributed by atoms with E-state index in [1.54, 1.807) is 6.07 Å². The molecule has 2 N–H and O–H groups in total. The van der Waals surface area contributed by atoms with Gasteiger partial charge in [-0.15, -0.1) is 0 Å². The summed E-state index contributed by atoms with van der Waals surface area (Å²) < 4.78 is 0. The van der Waals surface area contributed by atoms with Crippen molar-refractivity contribution in [2.45, 2.75) is 18.9 Å². The highest BCUT2D eigenvalue weighted by molar-refractivity contribution is 6.07. The Kier molecular flexibility index (Phi) is 3.32. The number of aromatic carboxylic acids is 1. The van der Waals surface area contributed by atoms with Crippen molar-refractivity contribution in [2.75, 3.05) is 18.0 Å². The van der Waals surface area contributed by atoms with Crippen LogP contribution in [0.15, 0.2) is 36.4 Å². The number of fused-ring (bicyclic) bond motifs is 1. The van der Waals surface area contributed by atoms with Crippen LogP contribution in [-0.4, -0.2) is 35.4 Å². The zero-order valence-corrected chi connectivity index (χ0v) is 11.1. The second-order valence-corrected chi connectivity index (χ2v) is 5.20. The number of piperidine rings is 1. The lowest BCUT2D eigenvalue weighted by Gasteiger charge is -2.32. The Balaban J connectivity index is 2.08. The fourth-order valence-corrected chi connectivity index (χ4v) is 2.85. The molecule has 4 nitrogen and oxygen atoms in total. The number of rotatable bonds is 2. The molecular formula is C16H17NO3. The van der Waals surface area contributed by atoms with Crippen LogP contribution in [0.1, 0.15) is 23.2 Å². The van der Waals surface area contributed by atoms with Gasteiger partial charge in [0.1, 0.15) is 0 Å². The van der Waals surface area contributed by atoms with Crippen molar-refractivity contribution in [3.05, 3.63) is 42.0 Å². The monoisotopic (exact) mass is 271 g/mol. The quantitative estimate of drug-likeness (QED) is 0.881. The number of benzene rings is 2. The molecule has 0 unspecified atom stereocenters. The summed E-state index contributed by atoms with van der Waals surface area (Å²) in [6.45, 7) is 1.61. The maximum atomic E-state index is 11.3. The van der Waals surface area contributed by atoms with E-state index >= 15 is 0 Å². The lowest BCUT2D eigenvalue weighted by atomic mass is 10.0. The maximum Gasteiger partial charge on any atom is 0.336 e. The molecular weight excluding hydrogens is 254 g/mol. The standard InChI is InChI=1S/C16H17NO3/c18-11-7-9-17(10-8-11)15-6-5-14(16(19)20)12-3-1-2-4-13(12)15/h1-6,11,18H,7-10H2,(H,19,20). The number of carbonyl (C=O) groups is 1. The van der Waals surface area contributed by atoms with Crippen LogP contribution in [0.25, 0.3) is 10.8 Å². The Morgan fingerprint density at radius 2 is 1.70 bits per heavy atom. The minimum Gasteiger partial charge on any atom is -0.478 e. The van der Waals surface area contributed by atoms with Crippen molar-refractivity contribution in [1.82, 2.24) is 0 Å². The van der Waals surface area contributed by atoms with Crippen molar-refractivity contribution >= 4 is 22.4 Å². The first-order valence-corrected chi connectivity index (χ1v) is 6.85. The third-order valence-corrected chi connectivity index (χ3v) is 3.94. The van der Waals surface area contributed by atoms with Crippen LogP contribution in [0, 0.1) is 0 Å². The van der Waals surface area contributed by atoms with E-state index in [1.807, 2.05) is 30.3 Å². The highest BCUT2D eigenvalue weighted by Crippen LogP contribution is 2.31. The van der Waals surface area contributed by atoms with Crippen LogP contribution in [0.2, 0.25) is 0 Å². The molecule has 0 bridgehead atoms. The number of aliphatic hydroxyl groups excluding tert-OH is 1. The number of aliphatic hydroxyl groups is 1. The molecule has 1 aliphatic rings. The molecule has 20 heavy (non-hydrogen) atoms. The van der Waals surface area contributed by atoms with Crippen molar-refractivity contribution in [2.24, 2.45) is 0 Å². The molecule has 1 fully saturated rings. The summed E-state index contributed by atoms with van der Waals surface area (Å²) in [5, 5.41) is 20.6. The third kappa shape index (κ3) is 2.23. The van der Waals surface area contributed by atoms with Crippen molar-refractivity contribution in [3.63, 3.8) is 0 Å². The van der Waals surface area contributed by atoms with Gasteiger partial charge in [0.25, 0.3) is 0 Å². The van der Waals surface area contributed by atoms with Crippen molar-refractivity contribution < 1.29 is 15.0 Å². The number of carboxylic acids is 1. The molecule has 2 aromatic carbocycles. The first-order chi connectivity index (χ1) is 9.66. The number of hydrogen-bond acceptors (Lipinski definition) is 3. The topological polar surface area (TPSA) is 60.8 Å². The Hall–Kier alpha value is -2.07. The average Bonchev–Trinajstić information content (AvgIpc) is 2.47. The van der Waals surface area contributed by atoms with E-state index in [2.05, 4.69) is 4.90 Å². The van der Waals surface area contributed by atoms with Crippen LogP contribution in [0.4, 0.5) is 5.69 Å². The minimum atomic E-state index is -0.901. The van der Waals surface area contributed by atoms with Crippen molar-refractivity contribution in [3.8, 4) is 0 Å². The van der Waals surface area contributed by atoms with Crippen LogP contribution in [-0.2, 0) is 0 Å². The van der Waals surface area contributed by atoms with Gasteiger partial charge in [0.2, 0.25) is 0 Å². The molecule has 0 aromatic heterocycles. The summed E-state index contributed by atoms with van der Waals surface area (Å²) in [4.78, 5) is 13.5. The van der Waals surface area contributed by atoms with Gasteiger partial charge in [0, 0.05) is 24.2 Å². The molecule has 0 saturated carbocycles. The number of anilines is 1. The average molecular weight is 271 g/mol. The molecule has 1 saturated heterocycles. The van der Waals surface area contributed by atoms with E-state index < -0.39 is 5.97 Å². The van der Waals surface area contributed by atoms with Crippen molar-refractivity contribution in [1.29, 1.82) is 0 Å². The van der Waals surface area contributed by atoms with Gasteiger partial charge >= 0.3 is 5.97 Å². The van der Waals surface area contributed by atoms with Gasteiger partial charge in [-0.1, -0.05) is 24.3 Å². The molecule has 3 rings (SSSR count). The summed E-state index contributed by atoms with van der Waals surface area (Å²) in [5.74, 6) is -0.901. The predicted octanol–water partition coefficient (Wildman–Crippen LogP) is 2.50. The van der Waals surface area contributed by atoms with Crippen LogP contribution < -0.4 is 4.90 Å². The van der Waals surface area contributed by atoms with Gasteiger partial charge in [-0.25, -0.2) is 4.79 Å². The fourth-order valence-electron chi connectivity index (χ4n) is 2.85. The summed E-state index contributed by atoms with van der Waals surface area (Å²) in [6, 6.07) is 11.1. The summed E-state index contributed by atoms with van der Waals surface area (Å²) in [5.41, 5.74) is 1.39. The van der Waals surface area contributed by atoms with E-state index in [0.717, 1.165) is 42.4 Å². The van der Waals surface area contributed by atoms with Gasteiger partial charge in [-0.2, -0.15) is 0 Å². The zero-order valence-electron chi connectivity index (χ0n) is 11.1. The van der Waals surface area contributed by atoms with E-state index in [-0.39, 0.29) is 6.10 Å². The first kappa shape index (κ1) is 12.9. The normalized spacial score (nSPS) is 16.6. The summed E-state index contributed by atoms with van der Waals surface area (Å²) in [7, 11) is 0. The highest BCUT2D eigenvalue weighted by atomic mass is 16.4. The molecule has 0 radical (unpaired) electrons. The van der Waals surface area contributed by atoms with E-state index in [0.29, 0.717) is 5.56 Å². The fraction of sp³-hybridized carbons (Fsp3) is 0.312. The zero-order chi connectivity index (χ0) is 14.1. The second-order valence-electron chi connectivity index (χ2n) is 5.20. The largest absolute Gasteiger partial charge is 0.478 e. The van der Waals surface area contributed by atoms with Gasteiger partial charge in [-0.3, -0.25) is 0 Å². The first-order valence-electron chi connectivity index (χ1n) is 6.85. The number of hydrogen-bond donors (Lipinski definition) is 2. The SMILES string of the molecule is O=C(O)c1ccc(N2CCC(O)CC2)c2ccccc12. The number of carboxylic acid groups (broad SMARTS) is 1. The summed E-state index contributed by atoms with van der Waals surface area (Å²) in [6.07, 6.45) is 1.31. The van der Waals surface area contributed by atoms with Crippen LogP contribution in [0.3, 0.4) is 0 Å². The molecule has 0 atom stereocenters. The Morgan fingerprint density at radius 3 is 2.35 bits per heavy atom. The van der Waals surface area contributed by atoms with Gasteiger partial charge < -0.3 is 15.1 Å². The van der Waals surface area contributed by atoms with Crippen LogP contribution >= 0.6 is 0 Å². The molecule has 0 spiro atoms. The number of nitrogens with zero attached hydrogens (tertiary/aromatic N) is 1. The lowest BCUT2D eigenvalue weighted by Crippen LogP contribution is -2.35. The highest BCUT2D eigenvalue weighted by Gasteiger charge is 2.20. The van der Waals surface area contributed by atoms with E-state index in [4.69, 9.17) is 0 Å².